The van der Waals surface area contributed by atoms with Gasteiger partial charge in [-0.05, 0) is 31.6 Å². The van der Waals surface area contributed by atoms with Crippen molar-refractivity contribution in [2.24, 2.45) is 11.7 Å². The Labute approximate surface area is 188 Å². The fourth-order valence-corrected chi connectivity index (χ4v) is 4.59. The Balaban J connectivity index is 1.69. The summed E-state index contributed by atoms with van der Waals surface area (Å²) in [6.07, 6.45) is 6.30. The summed E-state index contributed by atoms with van der Waals surface area (Å²) in [5.74, 6) is -1.02. The van der Waals surface area contributed by atoms with Crippen molar-refractivity contribution in [3.8, 4) is 0 Å². The van der Waals surface area contributed by atoms with Gasteiger partial charge in [0.1, 0.15) is 12.1 Å². The lowest BCUT2D eigenvalue weighted by molar-refractivity contribution is -0.684. The molecule has 0 saturated carbocycles. The van der Waals surface area contributed by atoms with E-state index < -0.39 is 18.1 Å². The molecule has 32 heavy (non-hydrogen) atoms. The van der Waals surface area contributed by atoms with Crippen molar-refractivity contribution in [3.63, 3.8) is 0 Å². The zero-order chi connectivity index (χ0) is 23.3. The molecule has 2 aliphatic rings. The monoisotopic (exact) mass is 444 g/mol. The van der Waals surface area contributed by atoms with Crippen LogP contribution in [0.2, 0.25) is 0 Å². The van der Waals surface area contributed by atoms with Crippen LogP contribution in [-0.2, 0) is 25.7 Å². The van der Waals surface area contributed by atoms with Gasteiger partial charge in [0.05, 0.1) is 12.6 Å². The van der Waals surface area contributed by atoms with E-state index in [1.807, 2.05) is 44.4 Å². The molecular weight excluding hydrogens is 410 g/mol. The Kier molecular flexibility index (Phi) is 7.95. The first-order valence-electron chi connectivity index (χ1n) is 11.4. The summed E-state index contributed by atoms with van der Waals surface area (Å²) >= 11 is 0. The molecule has 2 aliphatic heterocycles. The number of pyridine rings is 1. The fourth-order valence-electron chi connectivity index (χ4n) is 4.59. The van der Waals surface area contributed by atoms with E-state index >= 15 is 0 Å². The van der Waals surface area contributed by atoms with Crippen molar-refractivity contribution in [3.05, 3.63) is 30.6 Å². The molecule has 3 atom stereocenters. The van der Waals surface area contributed by atoms with Gasteiger partial charge in [-0.1, -0.05) is 19.9 Å². The molecule has 0 aliphatic carbocycles. The van der Waals surface area contributed by atoms with Gasteiger partial charge in [-0.2, -0.15) is 4.57 Å². The number of hydrogen-bond donors (Lipinski definition) is 2. The second kappa shape index (κ2) is 10.7. The van der Waals surface area contributed by atoms with Crippen LogP contribution in [0.15, 0.2) is 30.6 Å². The third-order valence-corrected chi connectivity index (χ3v) is 6.30. The predicted octanol–water partition coefficient (Wildman–Crippen LogP) is -0.375. The smallest absolute Gasteiger partial charge is 0.246 e. The van der Waals surface area contributed by atoms with Crippen LogP contribution in [0.25, 0.3) is 0 Å². The molecule has 2 saturated heterocycles. The minimum Gasteiger partial charge on any atom is -0.342 e. The van der Waals surface area contributed by atoms with Crippen LogP contribution < -0.4 is 15.6 Å². The van der Waals surface area contributed by atoms with Crippen LogP contribution in [0.5, 0.6) is 0 Å². The fraction of sp³-hybridized carbons (Fsp3) is 0.609. The van der Waals surface area contributed by atoms with Crippen molar-refractivity contribution >= 4 is 23.5 Å². The molecule has 3 unspecified atom stereocenters. The number of aromatic nitrogens is 1. The number of nitrogens with zero attached hydrogens (tertiary/aromatic N) is 3. The Morgan fingerprint density at radius 2 is 1.62 bits per heavy atom. The number of rotatable bonds is 8. The number of carbonyl (C=O) groups is 4. The highest BCUT2D eigenvalue weighted by atomic mass is 16.2. The summed E-state index contributed by atoms with van der Waals surface area (Å²) in [6, 6.07) is 3.75. The highest BCUT2D eigenvalue weighted by Crippen LogP contribution is 2.22. The number of nitrogens with two attached hydrogens (primary N) is 1. The summed E-state index contributed by atoms with van der Waals surface area (Å²) in [7, 11) is 0. The number of hydrogen-bond acceptors (Lipinski definition) is 5. The van der Waals surface area contributed by atoms with Gasteiger partial charge in [0.25, 0.3) is 0 Å². The number of likely N-dealkylation sites (tertiary alicyclic amines) is 2. The summed E-state index contributed by atoms with van der Waals surface area (Å²) in [6.45, 7) is 4.78. The quantitative estimate of drug-likeness (QED) is 0.531. The number of Topliss-reactive ketones (excluding diaryl/α,β-unsaturated/α-hetero) is 1. The number of nitrogens with one attached hydrogen (secondary N) is 1. The molecule has 3 rings (SSSR count). The summed E-state index contributed by atoms with van der Waals surface area (Å²) < 4.78 is 1.80. The van der Waals surface area contributed by atoms with Crippen molar-refractivity contribution in [1.82, 2.24) is 15.1 Å². The van der Waals surface area contributed by atoms with E-state index in [-0.39, 0.29) is 42.5 Å². The molecule has 1 aromatic heterocycles. The summed E-state index contributed by atoms with van der Waals surface area (Å²) in [5, 5.41) is 2.87. The molecule has 0 radical (unpaired) electrons. The van der Waals surface area contributed by atoms with Crippen molar-refractivity contribution < 1.29 is 23.7 Å². The number of ketones is 1. The molecule has 3 N–H and O–H groups in total. The van der Waals surface area contributed by atoms with E-state index in [1.165, 1.54) is 4.90 Å². The molecule has 9 nitrogen and oxygen atoms in total. The first-order chi connectivity index (χ1) is 15.3. The van der Waals surface area contributed by atoms with E-state index in [4.69, 9.17) is 5.73 Å². The lowest BCUT2D eigenvalue weighted by atomic mass is 10.0. The minimum atomic E-state index is -0.754. The number of amides is 3. The molecule has 174 valence electrons. The topological polar surface area (TPSA) is 117 Å². The van der Waals surface area contributed by atoms with Crippen LogP contribution >= 0.6 is 0 Å². The summed E-state index contributed by atoms with van der Waals surface area (Å²) in [5.41, 5.74) is 5.48. The normalized spacial score (nSPS) is 21.6. The third-order valence-electron chi connectivity index (χ3n) is 6.30. The maximum Gasteiger partial charge on any atom is 0.246 e. The molecule has 0 aromatic carbocycles. The lowest BCUT2D eigenvalue weighted by Crippen LogP contribution is -2.58. The van der Waals surface area contributed by atoms with Crippen LogP contribution in [0.1, 0.15) is 39.5 Å². The van der Waals surface area contributed by atoms with E-state index in [0.29, 0.717) is 25.9 Å². The van der Waals surface area contributed by atoms with Crippen LogP contribution in [0, 0.1) is 5.92 Å². The molecule has 3 amide bonds. The summed E-state index contributed by atoms with van der Waals surface area (Å²) in [4.78, 5) is 54.5. The largest absolute Gasteiger partial charge is 0.342 e. The zero-order valence-corrected chi connectivity index (χ0v) is 18.9. The van der Waals surface area contributed by atoms with Gasteiger partial charge in [0.2, 0.25) is 30.0 Å². The van der Waals surface area contributed by atoms with Gasteiger partial charge in [-0.15, -0.1) is 0 Å². The van der Waals surface area contributed by atoms with E-state index in [2.05, 4.69) is 5.32 Å². The van der Waals surface area contributed by atoms with Gasteiger partial charge in [0.15, 0.2) is 12.4 Å². The second-order valence-corrected chi connectivity index (χ2v) is 8.88. The average Bonchev–Trinajstić information content (AvgIpc) is 3.46. The van der Waals surface area contributed by atoms with Crippen LogP contribution in [0.3, 0.4) is 0 Å². The Hall–Kier alpha value is -2.81. The molecule has 1 aromatic rings. The van der Waals surface area contributed by atoms with Gasteiger partial charge >= 0.3 is 0 Å². The van der Waals surface area contributed by atoms with Crippen molar-refractivity contribution in [2.75, 3.05) is 19.6 Å². The first-order valence-corrected chi connectivity index (χ1v) is 11.4. The Morgan fingerprint density at radius 1 is 1.00 bits per heavy atom. The van der Waals surface area contributed by atoms with Crippen LogP contribution in [0.4, 0.5) is 0 Å². The van der Waals surface area contributed by atoms with Gasteiger partial charge in [-0.25, -0.2) is 0 Å². The maximum atomic E-state index is 13.4. The van der Waals surface area contributed by atoms with Crippen LogP contribution in [-0.4, -0.2) is 71.1 Å². The predicted molar refractivity (Wildman–Crippen MR) is 117 cm³/mol. The average molecular weight is 445 g/mol. The van der Waals surface area contributed by atoms with Gasteiger partial charge < -0.3 is 20.9 Å². The maximum absolute atomic E-state index is 13.4. The Morgan fingerprint density at radius 3 is 2.25 bits per heavy atom. The molecule has 3 heterocycles. The highest BCUT2D eigenvalue weighted by molar-refractivity contribution is 5.95. The zero-order valence-electron chi connectivity index (χ0n) is 18.9. The third kappa shape index (κ3) is 5.32. The number of carbonyl (C=O) groups excluding carboxylic acids is 4. The highest BCUT2D eigenvalue weighted by Gasteiger charge is 2.41. The van der Waals surface area contributed by atoms with E-state index in [1.54, 1.807) is 9.47 Å². The van der Waals surface area contributed by atoms with E-state index in [9.17, 15) is 19.2 Å². The molecule has 0 bridgehead atoms. The SMILES string of the molecule is CC(C)C(NC(=O)C1CCCN1C(=O)CN)C(=O)N1CCCC1C(=O)C[n+]1ccccc1. The molecular formula is C23H34N5O4+. The van der Waals surface area contributed by atoms with Crippen molar-refractivity contribution in [1.29, 1.82) is 0 Å². The second-order valence-electron chi connectivity index (χ2n) is 8.88. The van der Waals surface area contributed by atoms with Gasteiger partial charge in [0, 0.05) is 25.2 Å². The molecule has 9 heteroatoms. The standard InChI is InChI=1S/C23H33N5O4/c1-16(2)21(25-22(31)18-9-7-12-27(18)20(30)14-24)23(32)28-13-6-8-17(28)19(29)15-26-10-4-3-5-11-26/h3-5,10-11,16-18,21H,6-9,12-15,24H2,1-2H3/p+1. The molecule has 2 fully saturated rings. The van der Waals surface area contributed by atoms with Crippen molar-refractivity contribution in [2.45, 2.75) is 64.2 Å². The minimum absolute atomic E-state index is 0.0172. The molecule has 0 spiro atoms. The lowest BCUT2D eigenvalue weighted by Gasteiger charge is -2.32. The first kappa shape index (κ1) is 23.8. The Bertz CT molecular complexity index is 844. The van der Waals surface area contributed by atoms with Gasteiger partial charge in [-0.3, -0.25) is 19.2 Å². The van der Waals surface area contributed by atoms with E-state index in [0.717, 1.165) is 12.8 Å².